The van der Waals surface area contributed by atoms with Crippen molar-refractivity contribution in [2.45, 2.75) is 76.5 Å². The van der Waals surface area contributed by atoms with Crippen LogP contribution < -0.4 is 25.4 Å². The maximum Gasteiger partial charge on any atom is 0.291 e. The van der Waals surface area contributed by atoms with E-state index >= 15 is 0 Å². The Kier molecular flexibility index (Phi) is 28.0. The molecule has 4 aliphatic rings. The monoisotopic (exact) mass is 1800 g/mol. The number of halogens is 6. The van der Waals surface area contributed by atoms with E-state index in [1.807, 2.05) is 38.2 Å². The summed E-state index contributed by atoms with van der Waals surface area (Å²) in [6, 6.07) is 56.6. The van der Waals surface area contributed by atoms with E-state index < -0.39 is 29.4 Å². The van der Waals surface area contributed by atoms with Crippen LogP contribution in [0.15, 0.2) is 276 Å². The minimum atomic E-state index is -0.645. The smallest absolute Gasteiger partial charge is 0.291 e. The number of benzene rings is 6. The van der Waals surface area contributed by atoms with E-state index in [2.05, 4.69) is 55.4 Å². The quantitative estimate of drug-likeness (QED) is 0.0354. The zero-order valence-corrected chi connectivity index (χ0v) is 72.0. The van der Waals surface area contributed by atoms with Gasteiger partial charge in [-0.25, -0.2) is 51.3 Å². The van der Waals surface area contributed by atoms with Crippen molar-refractivity contribution >= 4 is 40.6 Å². The van der Waals surface area contributed by atoms with Crippen molar-refractivity contribution in [3.63, 3.8) is 0 Å². The minimum Gasteiger partial charge on any atom is -0.495 e. The predicted molar refractivity (Wildman–Crippen MR) is 483 cm³/mol. The second-order valence-electron chi connectivity index (χ2n) is 31.9. The van der Waals surface area contributed by atoms with Gasteiger partial charge in [0, 0.05) is 91.9 Å². The van der Waals surface area contributed by atoms with Crippen LogP contribution in [0, 0.1) is 46.7 Å². The van der Waals surface area contributed by atoms with E-state index in [0.29, 0.717) is 149 Å². The number of carbonyl (C=O) groups excluding carboxylic acids is 4. The molecule has 16 aromatic rings. The van der Waals surface area contributed by atoms with Crippen molar-refractivity contribution in [3.05, 3.63) is 326 Å². The molecule has 32 heteroatoms. The van der Waals surface area contributed by atoms with Crippen LogP contribution in [0.25, 0.3) is 90.8 Å². The SMILES string of the molecule is COc1ccccc1NC(=O)c1ccc(-c2c(-c3ccc(F)cc3)ncn2CC2CCOC2)o1.COc1cnccc1NC(=O)c1ccc(-c2c(-c3ccc(F)cc3)ncn2C2CCOC2)o1.O=C(Cc1ccccc1F)c1cccc(-c2c(-c3ccc(F)cc3)ncn2C2CCCC2)n1.O=C(Nc1ccncc1F)c1ccc(-c2c(-c3ccc(F)cc3)ncn2CC2CCOC2)o1. The first-order valence-corrected chi connectivity index (χ1v) is 43.1. The Balaban J connectivity index is 0.000000124. The maximum absolute atomic E-state index is 14.1. The summed E-state index contributed by atoms with van der Waals surface area (Å²) in [5.41, 5.74) is 10.8. The van der Waals surface area contributed by atoms with Crippen LogP contribution in [-0.4, -0.2) is 131 Å². The number of ketones is 1. The minimum absolute atomic E-state index is 0.00577. The molecule has 3 atom stereocenters. The molecule has 3 unspecified atom stereocenters. The molecule has 3 amide bonds. The summed E-state index contributed by atoms with van der Waals surface area (Å²) >= 11 is 0. The lowest BCUT2D eigenvalue weighted by Crippen LogP contribution is -2.12. The lowest BCUT2D eigenvalue weighted by Gasteiger charge is -2.16. The number of hydrogen-bond acceptors (Lipinski definition) is 19. The van der Waals surface area contributed by atoms with Crippen molar-refractivity contribution in [1.82, 2.24) is 53.2 Å². The normalized spacial score (nSPS) is 15.1. The van der Waals surface area contributed by atoms with E-state index in [-0.39, 0.29) is 70.2 Å². The van der Waals surface area contributed by atoms with Gasteiger partial charge in [0.05, 0.1) is 129 Å². The molecule has 0 bridgehead atoms. The van der Waals surface area contributed by atoms with Crippen molar-refractivity contribution in [2.75, 3.05) is 69.8 Å². The molecule has 3 aliphatic heterocycles. The number of carbonyl (C=O) groups is 4. The number of pyridine rings is 3. The molecule has 3 N–H and O–H groups in total. The number of rotatable bonds is 25. The number of furan rings is 3. The first-order valence-electron chi connectivity index (χ1n) is 43.1. The Morgan fingerprint density at radius 3 is 1.32 bits per heavy atom. The summed E-state index contributed by atoms with van der Waals surface area (Å²) in [5, 5.41) is 8.08. The summed E-state index contributed by atoms with van der Waals surface area (Å²) in [7, 11) is 3.05. The van der Waals surface area contributed by atoms with Crippen molar-refractivity contribution < 1.29 is 82.5 Å². The van der Waals surface area contributed by atoms with Crippen LogP contribution >= 0.6 is 0 Å². The number of imidazole rings is 4. The molecule has 1 saturated carbocycles. The Morgan fingerprint density at radius 1 is 0.398 bits per heavy atom. The van der Waals surface area contributed by atoms with Gasteiger partial charge in [0.25, 0.3) is 17.7 Å². The summed E-state index contributed by atoms with van der Waals surface area (Å²) < 4.78 is 135. The van der Waals surface area contributed by atoms with Gasteiger partial charge in [-0.05, 0) is 214 Å². The molecule has 6 aromatic carbocycles. The highest BCUT2D eigenvalue weighted by molar-refractivity contribution is 6.05. The van der Waals surface area contributed by atoms with Crippen molar-refractivity contribution in [3.8, 4) is 102 Å². The summed E-state index contributed by atoms with van der Waals surface area (Å²) in [5.74, 6) is -0.634. The van der Waals surface area contributed by atoms with Crippen LogP contribution in [0.4, 0.5) is 43.4 Å². The van der Waals surface area contributed by atoms with E-state index in [4.69, 9.17) is 36.9 Å². The number of nitrogens with zero attached hydrogens (tertiary/aromatic N) is 11. The fourth-order valence-corrected chi connectivity index (χ4v) is 16.4. The first-order chi connectivity index (χ1) is 64.9. The van der Waals surface area contributed by atoms with E-state index in [9.17, 15) is 45.5 Å². The highest BCUT2D eigenvalue weighted by Gasteiger charge is 2.32. The van der Waals surface area contributed by atoms with Crippen molar-refractivity contribution in [1.29, 1.82) is 0 Å². The van der Waals surface area contributed by atoms with Gasteiger partial charge in [-0.15, -0.1) is 0 Å². The Labute approximate surface area is 758 Å². The second-order valence-corrected chi connectivity index (χ2v) is 31.9. The Morgan fingerprint density at radius 2 is 0.835 bits per heavy atom. The number of hydrogen-bond donors (Lipinski definition) is 3. The number of ether oxygens (including phenoxy) is 5. The van der Waals surface area contributed by atoms with E-state index in [1.165, 1.54) is 86.2 Å². The number of aromatic nitrogens is 11. The second kappa shape index (κ2) is 41.6. The summed E-state index contributed by atoms with van der Waals surface area (Å²) in [4.78, 5) is 82.0. The highest BCUT2D eigenvalue weighted by Crippen LogP contribution is 2.42. The summed E-state index contributed by atoms with van der Waals surface area (Å²) in [6.45, 7) is 5.39. The molecule has 4 fully saturated rings. The maximum atomic E-state index is 14.1. The molecule has 20 rings (SSSR count). The Hall–Kier alpha value is -15.4. The molecule has 1 aliphatic carbocycles. The van der Waals surface area contributed by atoms with Crippen LogP contribution in [-0.2, 0) is 33.7 Å². The van der Waals surface area contributed by atoms with E-state index in [1.54, 1.807) is 160 Å². The first kappa shape index (κ1) is 89.6. The molecule has 676 valence electrons. The molecular weight excluding hydrogens is 1720 g/mol. The van der Waals surface area contributed by atoms with Crippen molar-refractivity contribution in [2.24, 2.45) is 11.8 Å². The largest absolute Gasteiger partial charge is 0.495 e. The lowest BCUT2D eigenvalue weighted by molar-refractivity contribution is 0.0981. The van der Waals surface area contributed by atoms with Gasteiger partial charge in [-0.2, -0.15) is 0 Å². The highest BCUT2D eigenvalue weighted by atomic mass is 19.1. The van der Waals surface area contributed by atoms with Crippen LogP contribution in [0.5, 0.6) is 11.5 Å². The van der Waals surface area contributed by atoms with Gasteiger partial charge in [0.2, 0.25) is 0 Å². The molecule has 0 spiro atoms. The third-order valence-corrected chi connectivity index (χ3v) is 23.1. The Bertz CT molecular complexity index is 6740. The van der Waals surface area contributed by atoms with Crippen LogP contribution in [0.2, 0.25) is 0 Å². The zero-order valence-electron chi connectivity index (χ0n) is 72.0. The molecule has 13 heterocycles. The fourth-order valence-electron chi connectivity index (χ4n) is 16.4. The van der Waals surface area contributed by atoms with Crippen LogP contribution in [0.1, 0.15) is 105 Å². The number of amides is 3. The zero-order chi connectivity index (χ0) is 91.9. The third-order valence-electron chi connectivity index (χ3n) is 23.1. The fraction of sp³-hybridized carbons (Fsp3) is 0.218. The van der Waals surface area contributed by atoms with E-state index in [0.717, 1.165) is 92.4 Å². The average Bonchev–Trinajstić information content (AvgIpc) is 1.65. The van der Waals surface area contributed by atoms with Gasteiger partial charge >= 0.3 is 0 Å². The molecular formula is C101H88F6N14O12. The molecule has 3 saturated heterocycles. The summed E-state index contributed by atoms with van der Waals surface area (Å²) in [6.07, 6.45) is 19.6. The van der Waals surface area contributed by atoms with Gasteiger partial charge in [0.1, 0.15) is 57.6 Å². The average molecular weight is 1800 g/mol. The van der Waals surface area contributed by atoms with Gasteiger partial charge in [0.15, 0.2) is 51.9 Å². The molecule has 0 radical (unpaired) electrons. The standard InChI is InChI=1S/C27H23F2N3O.C26H24FN3O4.C24H20F2N4O3.C24H21FN4O4/c28-20-14-12-18(13-15-20)26-27(32(17-30-26)21-7-2-3-8-21)24-11-5-10-23(31-24)25(33)16-19-6-1-4-9-22(19)29;1-32-21-5-3-2-4-20(21)29-26(31)23-11-10-22(34-23)25-24(18-6-8-19(27)9-7-18)28-16-30(25)14-17-12-13-33-15-17;25-17-3-1-16(2-4-17)22-23(30(14-28-22)12-15-8-10-32-13-15)20-5-6-21(33-20)24(31)29-19-7-9-27-11-18(19)26;1-31-21-12-26-10-8-18(21)28-24(30)20-7-6-19(33-20)23-22(15-2-4-16(25)5-3-15)27-14-29(23)17-9-11-32-13-17/h1,4-6,9-15,17,21H,2-3,7-8,16H2;2-11,16-17H,12-15H2,1H3,(H,29,31);1-7,9,11,14-15H,8,10,12-13H2,(H,27,29,31);2-8,10,12,14,17H,9,11,13H2,1H3,(H,26,28,30). The number of methoxy groups -OCH3 is 2. The predicted octanol–water partition coefficient (Wildman–Crippen LogP) is 21.0. The van der Waals surface area contributed by atoms with Gasteiger partial charge in [-0.1, -0.05) is 49.2 Å². The molecule has 26 nitrogen and oxygen atoms in total. The number of para-hydroxylation sites is 2. The van der Waals surface area contributed by atoms with Gasteiger partial charge < -0.3 is 71.2 Å². The molecule has 133 heavy (non-hydrogen) atoms. The topological polar surface area (TPSA) is 300 Å². The molecule has 10 aromatic heterocycles. The van der Waals surface area contributed by atoms with Crippen LogP contribution in [0.3, 0.4) is 0 Å². The van der Waals surface area contributed by atoms with Gasteiger partial charge in [-0.3, -0.25) is 29.1 Å². The third kappa shape index (κ3) is 21.1. The number of anilines is 3. The lowest BCUT2D eigenvalue weighted by atomic mass is 10.0. The number of nitrogens with one attached hydrogen (secondary N) is 3. The number of Topliss-reactive ketones (excluding diaryl/α,β-unsaturated/α-hetero) is 1.